The molecule has 1 N–H and O–H groups in total. The van der Waals surface area contributed by atoms with Gasteiger partial charge in [-0.15, -0.1) is 0 Å². The molecule has 4 rings (SSSR count). The van der Waals surface area contributed by atoms with Crippen LogP contribution >= 0.6 is 27.7 Å². The van der Waals surface area contributed by atoms with Gasteiger partial charge in [0.15, 0.2) is 11.5 Å². The second-order valence-electron chi connectivity index (χ2n) is 8.45. The molecule has 1 heterocycles. The van der Waals surface area contributed by atoms with Crippen molar-refractivity contribution >= 4 is 50.7 Å². The zero-order valence-corrected chi connectivity index (χ0v) is 24.0. The van der Waals surface area contributed by atoms with Crippen LogP contribution in [0.2, 0.25) is 0 Å². The van der Waals surface area contributed by atoms with Crippen LogP contribution in [0.3, 0.4) is 0 Å². The fraction of sp³-hybridized carbons (Fsp3) is 0.167. The first-order valence-corrected chi connectivity index (χ1v) is 13.7. The first-order valence-electron chi connectivity index (χ1n) is 12.0. The number of aliphatic hydroxyl groups is 1. The van der Waals surface area contributed by atoms with Gasteiger partial charge in [-0.25, -0.2) is 9.79 Å². The van der Waals surface area contributed by atoms with Gasteiger partial charge in [-0.05, 0) is 71.2 Å². The molecule has 3 aromatic rings. The second-order valence-corrected chi connectivity index (χ2v) is 10.3. The Balaban J connectivity index is 1.65. The maximum Gasteiger partial charge on any atom is 0.344 e. The van der Waals surface area contributed by atoms with Gasteiger partial charge in [0.2, 0.25) is 0 Å². The number of aliphatic hydroxyl groups excluding tert-OH is 1. The summed E-state index contributed by atoms with van der Waals surface area (Å²) < 4.78 is 17.4. The van der Waals surface area contributed by atoms with Crippen LogP contribution in [0.15, 0.2) is 92.4 Å². The van der Waals surface area contributed by atoms with Gasteiger partial charge in [-0.1, -0.05) is 59.8 Å². The van der Waals surface area contributed by atoms with Gasteiger partial charge in [-0.3, -0.25) is 4.79 Å². The molecule has 7 nitrogen and oxygen atoms in total. The second kappa shape index (κ2) is 12.8. The van der Waals surface area contributed by atoms with Crippen LogP contribution in [0.25, 0.3) is 6.08 Å². The normalized spacial score (nSPS) is 15.1. The number of amides is 1. The van der Waals surface area contributed by atoms with Crippen molar-refractivity contribution in [1.82, 2.24) is 0 Å². The first-order chi connectivity index (χ1) is 18.8. The van der Waals surface area contributed by atoms with Crippen molar-refractivity contribution in [2.24, 2.45) is 4.99 Å². The highest BCUT2D eigenvalue weighted by atomic mass is 79.9. The van der Waals surface area contributed by atoms with Crippen molar-refractivity contribution in [2.75, 3.05) is 13.7 Å². The number of methoxy groups -OCH3 is 1. The number of halogens is 1. The number of aryl methyl sites for hydroxylation is 1. The topological polar surface area (TPSA) is 94.4 Å². The third kappa shape index (κ3) is 6.79. The summed E-state index contributed by atoms with van der Waals surface area (Å²) in [4.78, 5) is 29.9. The molecule has 0 aliphatic carbocycles. The molecule has 1 amide bonds. The molecule has 200 valence electrons. The lowest BCUT2D eigenvalue weighted by atomic mass is 10.1. The predicted octanol–water partition coefficient (Wildman–Crippen LogP) is 7.05. The number of aliphatic imine (C=N–C) groups is 1. The third-order valence-electron chi connectivity index (χ3n) is 5.65. The Morgan fingerprint density at radius 2 is 1.79 bits per heavy atom. The van der Waals surface area contributed by atoms with Crippen molar-refractivity contribution in [3.05, 3.63) is 110 Å². The fourth-order valence-electron chi connectivity index (χ4n) is 3.68. The van der Waals surface area contributed by atoms with E-state index in [-0.39, 0.29) is 23.0 Å². The van der Waals surface area contributed by atoms with Crippen LogP contribution in [0, 0.1) is 6.92 Å². The molecule has 1 aliphatic rings. The highest BCUT2D eigenvalue weighted by molar-refractivity contribution is 9.10. The minimum absolute atomic E-state index is 0.0649. The summed E-state index contributed by atoms with van der Waals surface area (Å²) in [5, 5.41) is 11.0. The molecular formula is C30H26BrNO6S. The zero-order chi connectivity index (χ0) is 27.9. The fourth-order valence-corrected chi connectivity index (χ4v) is 5.27. The predicted molar refractivity (Wildman–Crippen MR) is 156 cm³/mol. The Labute approximate surface area is 239 Å². The highest BCUT2D eigenvalue weighted by Crippen LogP contribution is 2.42. The third-order valence-corrected chi connectivity index (χ3v) is 7.26. The van der Waals surface area contributed by atoms with Crippen molar-refractivity contribution in [2.45, 2.75) is 20.5 Å². The molecule has 0 saturated heterocycles. The maximum atomic E-state index is 12.7. The number of esters is 1. The molecule has 0 aromatic heterocycles. The molecule has 0 radical (unpaired) electrons. The lowest BCUT2D eigenvalue weighted by Gasteiger charge is -2.14. The van der Waals surface area contributed by atoms with Crippen LogP contribution in [0.4, 0.5) is 0 Å². The summed E-state index contributed by atoms with van der Waals surface area (Å²) in [6.45, 7) is 4.14. The summed E-state index contributed by atoms with van der Waals surface area (Å²) >= 11 is 4.57. The van der Waals surface area contributed by atoms with Crippen LogP contribution in [-0.4, -0.2) is 35.7 Å². The average Bonchev–Trinajstić information content (AvgIpc) is 3.23. The minimum Gasteiger partial charge on any atom is -0.506 e. The summed E-state index contributed by atoms with van der Waals surface area (Å²) in [6.07, 6.45) is 1.67. The van der Waals surface area contributed by atoms with Gasteiger partial charge in [0.05, 0.1) is 23.1 Å². The van der Waals surface area contributed by atoms with Gasteiger partial charge in [-0.2, -0.15) is 0 Å². The van der Waals surface area contributed by atoms with Crippen LogP contribution in [-0.2, 0) is 16.1 Å². The Morgan fingerprint density at radius 1 is 1.08 bits per heavy atom. The molecule has 0 bridgehead atoms. The van der Waals surface area contributed by atoms with Gasteiger partial charge < -0.3 is 19.3 Å². The average molecular weight is 609 g/mol. The van der Waals surface area contributed by atoms with Crippen molar-refractivity contribution in [3.8, 4) is 11.5 Å². The monoisotopic (exact) mass is 607 g/mol. The molecule has 1 aliphatic heterocycles. The van der Waals surface area contributed by atoms with Crippen LogP contribution < -0.4 is 9.47 Å². The molecule has 3 aromatic carbocycles. The van der Waals surface area contributed by atoms with E-state index in [1.165, 1.54) is 12.7 Å². The van der Waals surface area contributed by atoms with Gasteiger partial charge in [0, 0.05) is 5.56 Å². The minimum atomic E-state index is -0.760. The SMILES string of the molecule is CCOC(=O)C1=C(O)/C(=C/c2cc(Br)c(OCc3ccc(C)cc3)c(OC)c2)SC1=NC(=O)c1ccccc1. The number of hydrogen-bond acceptors (Lipinski definition) is 7. The van der Waals surface area contributed by atoms with E-state index in [4.69, 9.17) is 14.2 Å². The number of benzene rings is 3. The molecule has 0 atom stereocenters. The van der Waals surface area contributed by atoms with Gasteiger partial charge in [0.1, 0.15) is 23.0 Å². The molecule has 0 unspecified atom stereocenters. The summed E-state index contributed by atoms with van der Waals surface area (Å²) in [5.74, 6) is -0.596. The number of carbonyl (C=O) groups is 2. The molecule has 39 heavy (non-hydrogen) atoms. The summed E-state index contributed by atoms with van der Waals surface area (Å²) in [7, 11) is 1.54. The lowest BCUT2D eigenvalue weighted by Crippen LogP contribution is -2.14. The number of carbonyl (C=O) groups excluding carboxylic acids is 2. The van der Waals surface area contributed by atoms with Crippen molar-refractivity contribution in [3.63, 3.8) is 0 Å². The number of thioether (sulfide) groups is 1. The lowest BCUT2D eigenvalue weighted by molar-refractivity contribution is -0.138. The highest BCUT2D eigenvalue weighted by Gasteiger charge is 2.34. The Kier molecular flexibility index (Phi) is 9.27. The van der Waals surface area contributed by atoms with E-state index < -0.39 is 11.9 Å². The number of ether oxygens (including phenoxy) is 3. The van der Waals surface area contributed by atoms with Gasteiger partial charge in [0.25, 0.3) is 5.91 Å². The van der Waals surface area contributed by atoms with E-state index in [1.54, 1.807) is 49.4 Å². The molecule has 9 heteroatoms. The van der Waals surface area contributed by atoms with Crippen molar-refractivity contribution in [1.29, 1.82) is 0 Å². The Hall–Kier alpha value is -3.82. The molecule has 0 saturated carbocycles. The molecular weight excluding hydrogens is 582 g/mol. The van der Waals surface area contributed by atoms with E-state index >= 15 is 0 Å². The quantitative estimate of drug-likeness (QED) is 0.274. The summed E-state index contributed by atoms with van der Waals surface area (Å²) in [5.41, 5.74) is 3.05. The standard InChI is InChI=1S/C30H26BrNO6S/c1-4-37-30(35)25-26(33)24(39-29(25)32-28(34)21-8-6-5-7-9-21)16-20-14-22(31)27(23(15-20)36-3)38-17-19-12-10-18(2)11-13-19/h5-16,33H,4,17H2,1-3H3/b24-16-,32-29?. The largest absolute Gasteiger partial charge is 0.506 e. The number of hydrogen-bond donors (Lipinski definition) is 1. The van der Waals surface area contributed by atoms with E-state index in [2.05, 4.69) is 20.9 Å². The number of rotatable bonds is 8. The van der Waals surface area contributed by atoms with E-state index in [0.29, 0.717) is 38.6 Å². The first kappa shape index (κ1) is 28.2. The van der Waals surface area contributed by atoms with E-state index in [1.807, 2.05) is 37.3 Å². The van der Waals surface area contributed by atoms with E-state index in [0.717, 1.165) is 17.3 Å². The maximum absolute atomic E-state index is 12.7. The smallest absolute Gasteiger partial charge is 0.344 e. The Morgan fingerprint density at radius 3 is 2.46 bits per heavy atom. The van der Waals surface area contributed by atoms with Crippen LogP contribution in [0.1, 0.15) is 34.0 Å². The van der Waals surface area contributed by atoms with Crippen molar-refractivity contribution < 1.29 is 28.9 Å². The summed E-state index contributed by atoms with van der Waals surface area (Å²) in [6, 6.07) is 20.1. The zero-order valence-electron chi connectivity index (χ0n) is 21.6. The molecule has 0 fully saturated rings. The Bertz CT molecular complexity index is 1480. The van der Waals surface area contributed by atoms with E-state index in [9.17, 15) is 14.7 Å². The number of nitrogens with zero attached hydrogens (tertiary/aromatic N) is 1. The van der Waals surface area contributed by atoms with Crippen LogP contribution in [0.5, 0.6) is 11.5 Å². The van der Waals surface area contributed by atoms with Gasteiger partial charge >= 0.3 is 5.97 Å². The molecule has 0 spiro atoms.